The molecule has 1 rings (SSSR count). The predicted octanol–water partition coefficient (Wildman–Crippen LogP) is 2.57. The zero-order valence-electron chi connectivity index (χ0n) is 8.60. The van der Waals surface area contributed by atoms with Gasteiger partial charge in [0.15, 0.2) is 0 Å². The minimum absolute atomic E-state index is 1.04. The van der Waals surface area contributed by atoms with Gasteiger partial charge in [-0.25, -0.2) is 0 Å². The van der Waals surface area contributed by atoms with E-state index in [1.807, 2.05) is 0 Å². The van der Waals surface area contributed by atoms with Crippen LogP contribution in [0.25, 0.3) is 0 Å². The second-order valence-electron chi connectivity index (χ2n) is 3.64. The Morgan fingerprint density at radius 2 is 1.33 bits per heavy atom. The molecule has 0 nitrogen and oxygen atoms in total. The zero-order chi connectivity index (χ0) is 9.30. The van der Waals surface area contributed by atoms with Crippen molar-refractivity contribution in [2.75, 3.05) is 0 Å². The van der Waals surface area contributed by atoms with Gasteiger partial charge in [-0.2, -0.15) is 0 Å². The molecule has 0 aliphatic carbocycles. The van der Waals surface area contributed by atoms with Crippen molar-refractivity contribution in [3.8, 4) is 0 Å². The quantitative estimate of drug-likeness (QED) is 0.689. The first-order valence-electron chi connectivity index (χ1n) is 4.27. The van der Waals surface area contributed by atoms with E-state index in [-0.39, 0.29) is 0 Å². The Labute approximate surface area is 83.0 Å². The van der Waals surface area contributed by atoms with Crippen LogP contribution >= 0.6 is 0 Å². The average molecular weight is 271 g/mol. The Kier molecular flexibility index (Phi) is 3.23. The van der Waals surface area contributed by atoms with E-state index in [0.29, 0.717) is 0 Å². The molecule has 0 fully saturated rings. The van der Waals surface area contributed by atoms with Crippen molar-refractivity contribution >= 4 is 23.7 Å². The van der Waals surface area contributed by atoms with Gasteiger partial charge in [0.05, 0.1) is 0 Å². The first-order valence-corrected chi connectivity index (χ1v) is 10.7. The summed E-state index contributed by atoms with van der Waals surface area (Å²) in [7, 11) is 0. The van der Waals surface area contributed by atoms with Crippen molar-refractivity contribution in [2.45, 2.75) is 30.5 Å². The third-order valence-electron chi connectivity index (χ3n) is 2.08. The molecule has 0 saturated heterocycles. The van der Waals surface area contributed by atoms with Gasteiger partial charge in [0.1, 0.15) is 0 Å². The van der Waals surface area contributed by atoms with Crippen molar-refractivity contribution in [2.24, 2.45) is 0 Å². The summed E-state index contributed by atoms with van der Waals surface area (Å²) in [6.07, 6.45) is 0. The van der Waals surface area contributed by atoms with Crippen LogP contribution in [0.1, 0.15) is 16.7 Å². The molecule has 0 aliphatic heterocycles. The Balaban J connectivity index is 3.28. The molecule has 0 spiro atoms. The van der Waals surface area contributed by atoms with Crippen LogP contribution < -0.4 is 3.51 Å². The van der Waals surface area contributed by atoms with Gasteiger partial charge in [0.25, 0.3) is 0 Å². The van der Waals surface area contributed by atoms with Gasteiger partial charge < -0.3 is 0 Å². The SMILES string of the molecule is Cc1cc(C)[c]([Sb]([CH3])[CH3])c(C)c1. The number of rotatable bonds is 1. The fourth-order valence-electron chi connectivity index (χ4n) is 1.88. The Morgan fingerprint density at radius 1 is 0.917 bits per heavy atom. The molecule has 66 valence electrons. The molecule has 12 heavy (non-hydrogen) atoms. The van der Waals surface area contributed by atoms with E-state index in [1.54, 1.807) is 3.51 Å². The Bertz CT molecular complexity index is 264. The van der Waals surface area contributed by atoms with Crippen LogP contribution in [0.2, 0.25) is 9.74 Å². The summed E-state index contributed by atoms with van der Waals surface area (Å²) in [6.45, 7) is 6.68. The van der Waals surface area contributed by atoms with Gasteiger partial charge in [0.2, 0.25) is 0 Å². The summed E-state index contributed by atoms with van der Waals surface area (Å²) in [5.41, 5.74) is 4.43. The van der Waals surface area contributed by atoms with Crippen LogP contribution in [-0.4, -0.2) is 20.2 Å². The monoisotopic (exact) mass is 270 g/mol. The third-order valence-corrected chi connectivity index (χ3v) is 6.65. The normalized spacial score (nSPS) is 10.8. The molecule has 0 aromatic heterocycles. The fraction of sp³-hybridized carbons (Fsp3) is 0.455. The van der Waals surface area contributed by atoms with Gasteiger partial charge in [-0.3, -0.25) is 0 Å². The Morgan fingerprint density at radius 3 is 1.67 bits per heavy atom. The molecule has 0 bridgehead atoms. The molecule has 0 amide bonds. The molecule has 1 aromatic carbocycles. The topological polar surface area (TPSA) is 0 Å². The van der Waals surface area contributed by atoms with Crippen molar-refractivity contribution in [3.05, 3.63) is 28.8 Å². The van der Waals surface area contributed by atoms with E-state index < -0.39 is 20.2 Å². The van der Waals surface area contributed by atoms with Gasteiger partial charge in [0, 0.05) is 0 Å². The molecule has 0 saturated carbocycles. The fourth-order valence-corrected chi connectivity index (χ4v) is 6.27. The molecule has 1 aromatic rings. The summed E-state index contributed by atoms with van der Waals surface area (Å²) in [6, 6.07) is 4.62. The molecular formula is C11H17Sb. The van der Waals surface area contributed by atoms with E-state index in [2.05, 4.69) is 42.6 Å². The number of hydrogen-bond donors (Lipinski definition) is 0. The summed E-state index contributed by atoms with van der Waals surface area (Å²) >= 11 is -1.04. The second-order valence-corrected chi connectivity index (χ2v) is 10.0. The molecule has 1 heteroatoms. The van der Waals surface area contributed by atoms with Crippen molar-refractivity contribution in [1.29, 1.82) is 0 Å². The van der Waals surface area contributed by atoms with E-state index in [4.69, 9.17) is 0 Å². The standard InChI is InChI=1S/C9H11.2CH3.Sb/c1-7-4-8(2)6-9(3)5-7;;;/h4-5H,1-3H3;2*1H3;. The number of hydrogen-bond acceptors (Lipinski definition) is 0. The van der Waals surface area contributed by atoms with Crippen LogP contribution in [0.5, 0.6) is 0 Å². The van der Waals surface area contributed by atoms with Crippen LogP contribution in [0, 0.1) is 20.8 Å². The molecular weight excluding hydrogens is 254 g/mol. The first-order chi connectivity index (χ1) is 5.52. The molecule has 0 aliphatic rings. The maximum atomic E-state index is 2.44. The van der Waals surface area contributed by atoms with E-state index >= 15 is 0 Å². The van der Waals surface area contributed by atoms with Crippen LogP contribution in [0.3, 0.4) is 0 Å². The predicted molar refractivity (Wildman–Crippen MR) is 57.8 cm³/mol. The molecule has 0 radical (unpaired) electrons. The van der Waals surface area contributed by atoms with Crippen molar-refractivity contribution < 1.29 is 0 Å². The summed E-state index contributed by atoms with van der Waals surface area (Å²) in [5, 5.41) is 0. The minimum atomic E-state index is -1.04. The van der Waals surface area contributed by atoms with Gasteiger partial charge in [-0.15, -0.1) is 0 Å². The van der Waals surface area contributed by atoms with E-state index in [9.17, 15) is 0 Å². The van der Waals surface area contributed by atoms with E-state index in [1.165, 1.54) is 16.7 Å². The second kappa shape index (κ2) is 3.83. The van der Waals surface area contributed by atoms with Crippen LogP contribution in [0.15, 0.2) is 12.1 Å². The average Bonchev–Trinajstić information content (AvgIpc) is 1.82. The maximum absolute atomic E-state index is 2.44. The van der Waals surface area contributed by atoms with Gasteiger partial charge >= 0.3 is 83.1 Å². The Hall–Kier alpha value is 0.0382. The summed E-state index contributed by atoms with van der Waals surface area (Å²) in [5.74, 6) is 0. The molecule has 0 unspecified atom stereocenters. The third kappa shape index (κ3) is 2.04. The van der Waals surface area contributed by atoms with Crippen LogP contribution in [-0.2, 0) is 0 Å². The van der Waals surface area contributed by atoms with Gasteiger partial charge in [-0.05, 0) is 0 Å². The van der Waals surface area contributed by atoms with Crippen molar-refractivity contribution in [1.82, 2.24) is 0 Å². The molecule has 0 atom stereocenters. The van der Waals surface area contributed by atoms with Gasteiger partial charge in [-0.1, -0.05) is 0 Å². The van der Waals surface area contributed by atoms with E-state index in [0.717, 1.165) is 0 Å². The number of benzene rings is 1. The van der Waals surface area contributed by atoms with Crippen LogP contribution in [0.4, 0.5) is 0 Å². The molecule has 0 heterocycles. The number of aryl methyl sites for hydroxylation is 3. The first kappa shape index (κ1) is 10.1. The molecule has 0 N–H and O–H groups in total. The zero-order valence-corrected chi connectivity index (χ0v) is 11.2. The summed E-state index contributed by atoms with van der Waals surface area (Å²) in [4.78, 5) is 4.88. The van der Waals surface area contributed by atoms with Crippen molar-refractivity contribution in [3.63, 3.8) is 0 Å². The summed E-state index contributed by atoms with van der Waals surface area (Å²) < 4.78 is 1.70.